The lowest BCUT2D eigenvalue weighted by molar-refractivity contribution is 0.0942. The summed E-state index contributed by atoms with van der Waals surface area (Å²) in [7, 11) is 1.67. The number of nitrogens with one attached hydrogen (secondary N) is 1. The second-order valence-electron chi connectivity index (χ2n) is 8.02. The molecule has 0 fully saturated rings. The molecule has 0 radical (unpaired) electrons. The van der Waals surface area contributed by atoms with E-state index in [2.05, 4.69) is 27.5 Å². The highest BCUT2D eigenvalue weighted by molar-refractivity contribution is 5.94. The fourth-order valence-electron chi connectivity index (χ4n) is 4.16. The Morgan fingerprint density at radius 3 is 2.76 bits per heavy atom. The molecular formula is C26H30N4O3. The summed E-state index contributed by atoms with van der Waals surface area (Å²) >= 11 is 0. The van der Waals surface area contributed by atoms with E-state index in [9.17, 15) is 9.90 Å². The summed E-state index contributed by atoms with van der Waals surface area (Å²) in [4.78, 5) is 15.3. The Kier molecular flexibility index (Phi) is 7.55. The molecule has 4 rings (SSSR count). The van der Waals surface area contributed by atoms with Crippen LogP contribution in [0.2, 0.25) is 0 Å². The first-order chi connectivity index (χ1) is 16.2. The number of methoxy groups -OCH3 is 1. The number of carbonyl (C=O) groups excluding carboxylic acids is 1. The number of benzene rings is 2. The van der Waals surface area contributed by atoms with Crippen molar-refractivity contribution in [3.05, 3.63) is 88.8 Å². The van der Waals surface area contributed by atoms with Gasteiger partial charge in [-0.2, -0.15) is 5.10 Å². The summed E-state index contributed by atoms with van der Waals surface area (Å²) in [6.45, 7) is 3.10. The number of aliphatic hydroxyl groups excluding tert-OH is 1. The third-order valence-corrected chi connectivity index (χ3v) is 5.84. The van der Waals surface area contributed by atoms with E-state index < -0.39 is 0 Å². The third-order valence-electron chi connectivity index (χ3n) is 5.84. The number of para-hydroxylation sites is 1. The average Bonchev–Trinajstić information content (AvgIpc) is 3.21. The minimum Gasteiger partial charge on any atom is -0.496 e. The maximum Gasteiger partial charge on any atom is 0.272 e. The van der Waals surface area contributed by atoms with Gasteiger partial charge in [0.25, 0.3) is 5.91 Å². The zero-order chi connectivity index (χ0) is 23.0. The first-order valence-electron chi connectivity index (χ1n) is 11.2. The Morgan fingerprint density at radius 2 is 1.97 bits per heavy atom. The molecule has 7 nitrogen and oxygen atoms in total. The number of amides is 1. The van der Waals surface area contributed by atoms with Crippen molar-refractivity contribution < 1.29 is 14.6 Å². The van der Waals surface area contributed by atoms with Crippen molar-refractivity contribution in [2.45, 2.75) is 26.1 Å². The summed E-state index contributed by atoms with van der Waals surface area (Å²) < 4.78 is 7.20. The lowest BCUT2D eigenvalue weighted by atomic mass is 10.0. The van der Waals surface area contributed by atoms with Crippen LogP contribution in [0.3, 0.4) is 0 Å². The van der Waals surface area contributed by atoms with Gasteiger partial charge in [-0.3, -0.25) is 14.4 Å². The lowest BCUT2D eigenvalue weighted by Gasteiger charge is -2.26. The smallest absolute Gasteiger partial charge is 0.272 e. The molecule has 2 aromatic carbocycles. The fraction of sp³-hybridized carbons (Fsp3) is 0.308. The van der Waals surface area contributed by atoms with E-state index in [1.807, 2.05) is 54.6 Å². The zero-order valence-electron chi connectivity index (χ0n) is 18.9. The van der Waals surface area contributed by atoms with Crippen molar-refractivity contribution in [2.75, 3.05) is 26.8 Å². The van der Waals surface area contributed by atoms with Crippen LogP contribution in [0.25, 0.3) is 6.08 Å². The van der Waals surface area contributed by atoms with E-state index >= 15 is 0 Å². The molecule has 172 valence electrons. The minimum atomic E-state index is -0.182. The van der Waals surface area contributed by atoms with E-state index in [4.69, 9.17) is 4.74 Å². The van der Waals surface area contributed by atoms with E-state index in [1.54, 1.807) is 11.8 Å². The van der Waals surface area contributed by atoms with Crippen molar-refractivity contribution >= 4 is 12.0 Å². The van der Waals surface area contributed by atoms with Gasteiger partial charge in [0.05, 0.1) is 20.3 Å². The highest BCUT2D eigenvalue weighted by Crippen LogP contribution is 2.24. The highest BCUT2D eigenvalue weighted by Gasteiger charge is 2.27. The van der Waals surface area contributed by atoms with E-state index in [1.165, 1.54) is 0 Å². The molecule has 2 N–H and O–H groups in total. The number of nitrogens with zero attached hydrogens (tertiary/aromatic N) is 3. The van der Waals surface area contributed by atoms with Crippen LogP contribution in [0.4, 0.5) is 0 Å². The molecule has 0 aliphatic carbocycles. The molecule has 33 heavy (non-hydrogen) atoms. The highest BCUT2D eigenvalue weighted by atomic mass is 16.5. The Balaban J connectivity index is 1.47. The maximum atomic E-state index is 13.0. The van der Waals surface area contributed by atoms with Gasteiger partial charge in [-0.15, -0.1) is 0 Å². The SMILES string of the molecule is COc1ccccc1/C=C/CN1CCc2c(c(C(=O)NCc3ccccc3)nn2CCO)C1. The number of aliphatic hydroxyl groups is 1. The molecule has 7 heteroatoms. The normalized spacial score (nSPS) is 13.8. The van der Waals surface area contributed by atoms with Gasteiger partial charge in [0.2, 0.25) is 0 Å². The summed E-state index contributed by atoms with van der Waals surface area (Å²) in [5.41, 5.74) is 4.52. The molecule has 1 aliphatic heterocycles. The molecule has 0 unspecified atom stereocenters. The van der Waals surface area contributed by atoms with Crippen LogP contribution >= 0.6 is 0 Å². The standard InChI is InChI=1S/C26H30N4O3/c1-33-24-12-6-5-10-21(24)11-7-14-29-15-13-23-22(19-29)25(28-30(23)16-17-31)26(32)27-18-20-8-3-2-4-9-20/h2-12,31H,13-19H2,1H3,(H,27,32)/b11-7+. The largest absolute Gasteiger partial charge is 0.496 e. The number of hydrogen-bond donors (Lipinski definition) is 2. The van der Waals surface area contributed by atoms with Gasteiger partial charge in [0.1, 0.15) is 5.75 Å². The monoisotopic (exact) mass is 446 g/mol. The van der Waals surface area contributed by atoms with Crippen molar-refractivity contribution in [3.8, 4) is 5.75 Å². The molecule has 3 aromatic rings. The topological polar surface area (TPSA) is 79.6 Å². The minimum absolute atomic E-state index is 0.00937. The van der Waals surface area contributed by atoms with Crippen molar-refractivity contribution in [1.29, 1.82) is 0 Å². The first kappa shape index (κ1) is 22.8. The Labute approximate surface area is 194 Å². The zero-order valence-corrected chi connectivity index (χ0v) is 18.9. The number of carbonyl (C=O) groups is 1. The molecule has 0 bridgehead atoms. The molecule has 0 spiro atoms. The van der Waals surface area contributed by atoms with Crippen LogP contribution < -0.4 is 10.1 Å². The van der Waals surface area contributed by atoms with Crippen LogP contribution in [-0.2, 0) is 26.1 Å². The Morgan fingerprint density at radius 1 is 1.18 bits per heavy atom. The number of rotatable bonds is 9. The van der Waals surface area contributed by atoms with Gasteiger partial charge in [-0.05, 0) is 11.6 Å². The van der Waals surface area contributed by atoms with Crippen LogP contribution in [0, 0.1) is 0 Å². The van der Waals surface area contributed by atoms with Gasteiger partial charge in [-0.1, -0.05) is 60.7 Å². The average molecular weight is 447 g/mol. The molecule has 2 heterocycles. The van der Waals surface area contributed by atoms with Gasteiger partial charge in [0.15, 0.2) is 5.69 Å². The third kappa shape index (κ3) is 5.50. The van der Waals surface area contributed by atoms with E-state index in [0.29, 0.717) is 25.3 Å². The number of aromatic nitrogens is 2. The molecule has 1 aliphatic rings. The predicted octanol–water partition coefficient (Wildman–Crippen LogP) is 2.89. The van der Waals surface area contributed by atoms with Crippen molar-refractivity contribution in [1.82, 2.24) is 20.0 Å². The summed E-state index contributed by atoms with van der Waals surface area (Å²) in [6.07, 6.45) is 4.98. The second kappa shape index (κ2) is 10.9. The first-order valence-corrected chi connectivity index (χ1v) is 11.2. The number of hydrogen-bond acceptors (Lipinski definition) is 5. The van der Waals surface area contributed by atoms with Gasteiger partial charge in [0, 0.05) is 49.4 Å². The summed E-state index contributed by atoms with van der Waals surface area (Å²) in [5, 5.41) is 17.0. The van der Waals surface area contributed by atoms with Crippen LogP contribution in [-0.4, -0.2) is 52.5 Å². The molecule has 0 saturated carbocycles. The molecule has 0 saturated heterocycles. The quantitative estimate of drug-likeness (QED) is 0.528. The van der Waals surface area contributed by atoms with Gasteiger partial charge < -0.3 is 15.2 Å². The Bertz CT molecular complexity index is 1110. The molecular weight excluding hydrogens is 416 g/mol. The van der Waals surface area contributed by atoms with Gasteiger partial charge in [-0.25, -0.2) is 0 Å². The van der Waals surface area contributed by atoms with Crippen LogP contribution in [0.5, 0.6) is 5.75 Å². The lowest BCUT2D eigenvalue weighted by Crippen LogP contribution is -2.33. The number of ether oxygens (including phenoxy) is 1. The fourth-order valence-corrected chi connectivity index (χ4v) is 4.16. The van der Waals surface area contributed by atoms with Crippen LogP contribution in [0.1, 0.15) is 32.9 Å². The molecule has 1 amide bonds. The summed E-state index contributed by atoms with van der Waals surface area (Å²) in [6, 6.07) is 17.7. The predicted molar refractivity (Wildman–Crippen MR) is 128 cm³/mol. The second-order valence-corrected chi connectivity index (χ2v) is 8.02. The van der Waals surface area contributed by atoms with Crippen molar-refractivity contribution in [2.24, 2.45) is 0 Å². The maximum absolute atomic E-state index is 13.0. The molecule has 0 atom stereocenters. The number of fused-ring (bicyclic) bond motifs is 1. The Hall–Kier alpha value is -3.42. The van der Waals surface area contributed by atoms with Crippen molar-refractivity contribution in [3.63, 3.8) is 0 Å². The summed E-state index contributed by atoms with van der Waals surface area (Å²) in [5.74, 6) is 0.663. The van der Waals surface area contributed by atoms with Gasteiger partial charge >= 0.3 is 0 Å². The van der Waals surface area contributed by atoms with Crippen LogP contribution in [0.15, 0.2) is 60.7 Å². The van der Waals surface area contributed by atoms with E-state index in [-0.39, 0.29) is 12.5 Å². The molecule has 1 aromatic heterocycles. The van der Waals surface area contributed by atoms with E-state index in [0.717, 1.165) is 47.6 Å².